The fraction of sp³-hybridized carbons (Fsp3) is 0.400. The van der Waals surface area contributed by atoms with E-state index in [9.17, 15) is 13.5 Å². The Balaban J connectivity index is 1.44. The third kappa shape index (κ3) is 6.70. The number of ether oxygens (including phenoxy) is 1. The molecule has 0 spiro atoms. The highest BCUT2D eigenvalue weighted by molar-refractivity contribution is 7.89. The van der Waals surface area contributed by atoms with Crippen molar-refractivity contribution in [2.24, 2.45) is 0 Å². The van der Waals surface area contributed by atoms with Gasteiger partial charge in [0.2, 0.25) is 16.0 Å². The van der Waals surface area contributed by atoms with E-state index < -0.39 is 15.6 Å². The molecule has 2 aromatic heterocycles. The average molecular weight is 579 g/mol. The summed E-state index contributed by atoms with van der Waals surface area (Å²) in [6.07, 6.45) is 3.12. The molecule has 11 heteroatoms. The SMILES string of the molecule is COc1cc2c(cc1Nc1ncc3ccc(-c4cccc(S(=O)(=O)NC(C)(C)C)c4)n3n1)CCN(C[C@H](C)O)CC2. The van der Waals surface area contributed by atoms with Crippen molar-refractivity contribution in [2.45, 2.75) is 57.1 Å². The van der Waals surface area contributed by atoms with Gasteiger partial charge in [0.25, 0.3) is 0 Å². The van der Waals surface area contributed by atoms with E-state index in [1.54, 1.807) is 36.0 Å². The molecule has 41 heavy (non-hydrogen) atoms. The lowest BCUT2D eigenvalue weighted by Gasteiger charge is -2.20. The summed E-state index contributed by atoms with van der Waals surface area (Å²) in [5.74, 6) is 1.09. The van der Waals surface area contributed by atoms with Crippen molar-refractivity contribution in [3.8, 4) is 17.0 Å². The number of fused-ring (bicyclic) bond motifs is 2. The molecule has 0 bridgehead atoms. The summed E-state index contributed by atoms with van der Waals surface area (Å²) >= 11 is 0. The molecule has 218 valence electrons. The zero-order valence-corrected chi connectivity index (χ0v) is 25.0. The van der Waals surface area contributed by atoms with Gasteiger partial charge in [0.1, 0.15) is 5.75 Å². The van der Waals surface area contributed by atoms with Crippen LogP contribution in [0.15, 0.2) is 59.6 Å². The minimum absolute atomic E-state index is 0.189. The first kappa shape index (κ1) is 29.0. The first-order valence-corrected chi connectivity index (χ1v) is 15.3. The molecule has 1 aliphatic rings. The quantitative estimate of drug-likeness (QED) is 0.287. The van der Waals surface area contributed by atoms with E-state index in [0.29, 0.717) is 18.2 Å². The first-order chi connectivity index (χ1) is 19.4. The maximum atomic E-state index is 13.0. The van der Waals surface area contributed by atoms with Gasteiger partial charge in [-0.15, -0.1) is 5.10 Å². The number of anilines is 2. The number of methoxy groups -OCH3 is 1. The Labute approximate surface area is 241 Å². The highest BCUT2D eigenvalue weighted by Crippen LogP contribution is 2.33. The molecule has 10 nitrogen and oxygen atoms in total. The van der Waals surface area contributed by atoms with Gasteiger partial charge in [0, 0.05) is 30.7 Å². The lowest BCUT2D eigenvalue weighted by molar-refractivity contribution is 0.129. The molecule has 0 aliphatic carbocycles. The number of hydrogen-bond donors (Lipinski definition) is 3. The number of aliphatic hydroxyl groups excluding tert-OH is 1. The molecule has 0 fully saturated rings. The lowest BCUT2D eigenvalue weighted by atomic mass is 10.0. The number of nitrogens with one attached hydrogen (secondary N) is 2. The normalized spacial score (nSPS) is 15.4. The molecule has 3 heterocycles. The van der Waals surface area contributed by atoms with E-state index in [0.717, 1.165) is 48.4 Å². The Bertz CT molecular complexity index is 1660. The fourth-order valence-corrected chi connectivity index (χ4v) is 6.67. The van der Waals surface area contributed by atoms with E-state index in [1.165, 1.54) is 11.1 Å². The van der Waals surface area contributed by atoms with Crippen LogP contribution < -0.4 is 14.8 Å². The smallest absolute Gasteiger partial charge is 0.245 e. The molecule has 0 saturated carbocycles. The molecule has 0 unspecified atom stereocenters. The molecule has 0 radical (unpaired) electrons. The second kappa shape index (κ2) is 11.4. The van der Waals surface area contributed by atoms with Crippen LogP contribution in [0.4, 0.5) is 11.6 Å². The first-order valence-electron chi connectivity index (χ1n) is 13.8. The Morgan fingerprint density at radius 1 is 1.07 bits per heavy atom. The van der Waals surface area contributed by atoms with Crippen molar-refractivity contribution in [1.29, 1.82) is 0 Å². The number of benzene rings is 2. The third-order valence-electron chi connectivity index (χ3n) is 6.96. The van der Waals surface area contributed by atoms with Gasteiger partial charge in [-0.2, -0.15) is 0 Å². The molecule has 1 aliphatic heterocycles. The lowest BCUT2D eigenvalue weighted by Crippen LogP contribution is -2.40. The van der Waals surface area contributed by atoms with Gasteiger partial charge >= 0.3 is 0 Å². The van der Waals surface area contributed by atoms with Gasteiger partial charge in [-0.25, -0.2) is 22.6 Å². The average Bonchev–Trinajstić information content (AvgIpc) is 3.22. The van der Waals surface area contributed by atoms with Gasteiger partial charge in [-0.1, -0.05) is 12.1 Å². The number of β-amino-alcohol motifs (C(OH)–C–C–N with tert-alkyl or cyclic N) is 1. The van der Waals surface area contributed by atoms with E-state index in [-0.39, 0.29) is 11.0 Å². The fourth-order valence-electron chi connectivity index (χ4n) is 5.21. The van der Waals surface area contributed by atoms with Gasteiger partial charge in [-0.3, -0.25) is 0 Å². The van der Waals surface area contributed by atoms with Crippen LogP contribution in [0, 0.1) is 0 Å². The number of sulfonamides is 1. The van der Waals surface area contributed by atoms with Crippen LogP contribution in [0.5, 0.6) is 5.75 Å². The van der Waals surface area contributed by atoms with Crippen molar-refractivity contribution >= 4 is 27.2 Å². The van der Waals surface area contributed by atoms with Gasteiger partial charge in [-0.05, 0) is 88.1 Å². The molecule has 1 atom stereocenters. The van der Waals surface area contributed by atoms with E-state index >= 15 is 0 Å². The predicted molar refractivity (Wildman–Crippen MR) is 160 cm³/mol. The molecule has 0 amide bonds. The van der Waals surface area contributed by atoms with Crippen LogP contribution in [0.25, 0.3) is 16.8 Å². The van der Waals surface area contributed by atoms with Crippen LogP contribution in [-0.4, -0.2) is 71.4 Å². The van der Waals surface area contributed by atoms with Gasteiger partial charge in [0.15, 0.2) is 0 Å². The Hall–Kier alpha value is -3.51. The molecule has 5 rings (SSSR count). The van der Waals surface area contributed by atoms with Crippen LogP contribution in [-0.2, 0) is 22.9 Å². The van der Waals surface area contributed by atoms with Crippen LogP contribution in [0.1, 0.15) is 38.8 Å². The number of rotatable bonds is 8. The summed E-state index contributed by atoms with van der Waals surface area (Å²) in [6.45, 7) is 9.67. The summed E-state index contributed by atoms with van der Waals surface area (Å²) in [4.78, 5) is 6.99. The Morgan fingerprint density at radius 3 is 2.49 bits per heavy atom. The van der Waals surface area contributed by atoms with Crippen LogP contribution in [0.3, 0.4) is 0 Å². The van der Waals surface area contributed by atoms with Crippen molar-refractivity contribution < 1.29 is 18.3 Å². The molecular weight excluding hydrogens is 540 g/mol. The highest BCUT2D eigenvalue weighted by Gasteiger charge is 2.23. The largest absolute Gasteiger partial charge is 0.495 e. The maximum Gasteiger partial charge on any atom is 0.245 e. The van der Waals surface area contributed by atoms with E-state index in [4.69, 9.17) is 9.84 Å². The zero-order chi connectivity index (χ0) is 29.4. The monoisotopic (exact) mass is 578 g/mol. The molecule has 3 N–H and O–H groups in total. The Morgan fingerprint density at radius 2 is 1.80 bits per heavy atom. The minimum Gasteiger partial charge on any atom is -0.495 e. The number of aliphatic hydroxyl groups is 1. The van der Waals surface area contributed by atoms with Crippen molar-refractivity contribution in [3.63, 3.8) is 0 Å². The number of hydrogen-bond acceptors (Lipinski definition) is 8. The summed E-state index contributed by atoms with van der Waals surface area (Å²) < 4.78 is 36.1. The number of aromatic nitrogens is 3. The van der Waals surface area contributed by atoms with Crippen molar-refractivity contribution in [2.75, 3.05) is 32.1 Å². The summed E-state index contributed by atoms with van der Waals surface area (Å²) in [5.41, 5.74) is 4.87. The molecule has 2 aromatic carbocycles. The molecule has 4 aromatic rings. The van der Waals surface area contributed by atoms with Crippen LogP contribution in [0.2, 0.25) is 0 Å². The van der Waals surface area contributed by atoms with Gasteiger partial charge in [0.05, 0.1) is 41.2 Å². The second-order valence-corrected chi connectivity index (χ2v) is 13.3. The standard InChI is InChI=1S/C30H38N6O4S/c1-20(37)19-35-13-11-21-16-26(28(40-5)17-22(21)12-14-35)32-29-31-18-24-9-10-27(36(24)33-29)23-7-6-8-25(15-23)41(38,39)34-30(2,3)4/h6-10,15-18,20,34,37H,11-14,19H2,1-5H3,(H,32,33)/t20-/m0/s1. The third-order valence-corrected chi connectivity index (χ3v) is 8.72. The van der Waals surface area contributed by atoms with E-state index in [2.05, 4.69) is 32.1 Å². The summed E-state index contributed by atoms with van der Waals surface area (Å²) in [6, 6.07) is 14.8. The van der Waals surface area contributed by atoms with Gasteiger partial charge < -0.3 is 20.1 Å². The van der Waals surface area contributed by atoms with Crippen molar-refractivity contribution in [1.82, 2.24) is 24.2 Å². The summed E-state index contributed by atoms with van der Waals surface area (Å²) in [7, 11) is -2.05. The van der Waals surface area contributed by atoms with E-state index in [1.807, 2.05) is 45.9 Å². The predicted octanol–water partition coefficient (Wildman–Crippen LogP) is 4.01. The molecule has 0 saturated heterocycles. The van der Waals surface area contributed by atoms with Crippen molar-refractivity contribution in [3.05, 3.63) is 65.9 Å². The summed E-state index contributed by atoms with van der Waals surface area (Å²) in [5, 5.41) is 17.9. The maximum absolute atomic E-state index is 13.0. The minimum atomic E-state index is -3.69. The number of nitrogens with zero attached hydrogens (tertiary/aromatic N) is 4. The van der Waals surface area contributed by atoms with Crippen LogP contribution >= 0.6 is 0 Å². The second-order valence-electron chi connectivity index (χ2n) is 11.6. The molecular formula is C30H38N6O4S. The highest BCUT2D eigenvalue weighted by atomic mass is 32.2. The zero-order valence-electron chi connectivity index (χ0n) is 24.2. The Kier molecular flexibility index (Phi) is 8.06. The topological polar surface area (TPSA) is 121 Å².